The first-order chi connectivity index (χ1) is 10.0. The summed E-state index contributed by atoms with van der Waals surface area (Å²) in [6.45, 7) is 0.0826. The van der Waals surface area contributed by atoms with E-state index in [9.17, 15) is 14.9 Å². The summed E-state index contributed by atoms with van der Waals surface area (Å²) in [5.74, 6) is 0.365. The number of benzene rings is 2. The molecule has 0 saturated heterocycles. The van der Waals surface area contributed by atoms with Crippen LogP contribution in [0.15, 0.2) is 36.4 Å². The monoisotopic (exact) mass is 325 g/mol. The lowest BCUT2D eigenvalue weighted by atomic mass is 10.2. The molecular formula is C14H9Cl2NO4. The molecule has 0 heterocycles. The lowest BCUT2D eigenvalue weighted by Gasteiger charge is -2.09. The van der Waals surface area contributed by atoms with Crippen LogP contribution in [0.25, 0.3) is 0 Å². The van der Waals surface area contributed by atoms with Gasteiger partial charge in [0.15, 0.2) is 6.29 Å². The summed E-state index contributed by atoms with van der Waals surface area (Å²) in [4.78, 5) is 21.0. The van der Waals surface area contributed by atoms with Crippen molar-refractivity contribution in [3.8, 4) is 5.75 Å². The summed E-state index contributed by atoms with van der Waals surface area (Å²) < 4.78 is 5.51. The average Bonchev–Trinajstić information content (AvgIpc) is 2.46. The Labute approximate surface area is 130 Å². The fourth-order valence-electron chi connectivity index (χ4n) is 1.67. The fourth-order valence-corrected chi connectivity index (χ4v) is 2.08. The van der Waals surface area contributed by atoms with Gasteiger partial charge in [-0.25, -0.2) is 0 Å². The van der Waals surface area contributed by atoms with Crippen LogP contribution >= 0.6 is 23.2 Å². The van der Waals surface area contributed by atoms with Crippen LogP contribution in [0.3, 0.4) is 0 Å². The van der Waals surface area contributed by atoms with Gasteiger partial charge >= 0.3 is 0 Å². The fraction of sp³-hybridized carbons (Fsp3) is 0.0714. The summed E-state index contributed by atoms with van der Waals surface area (Å²) in [5, 5.41) is 11.3. The van der Waals surface area contributed by atoms with E-state index in [0.717, 1.165) is 0 Å². The Morgan fingerprint density at radius 3 is 2.57 bits per heavy atom. The van der Waals surface area contributed by atoms with Gasteiger partial charge in [-0.1, -0.05) is 23.2 Å². The Bertz CT molecular complexity index is 703. The summed E-state index contributed by atoms with van der Waals surface area (Å²) in [5.41, 5.74) is 0.804. The normalized spacial score (nSPS) is 10.2. The number of nitro benzene ring substituents is 1. The highest BCUT2D eigenvalue weighted by molar-refractivity contribution is 6.31. The van der Waals surface area contributed by atoms with Crippen molar-refractivity contribution < 1.29 is 14.5 Å². The molecule has 2 aromatic rings. The third kappa shape index (κ3) is 3.71. The Kier molecular flexibility index (Phi) is 4.77. The molecule has 0 spiro atoms. The number of carbonyl (C=O) groups is 1. The average molecular weight is 326 g/mol. The van der Waals surface area contributed by atoms with Crippen molar-refractivity contribution in [2.45, 2.75) is 6.61 Å². The molecule has 2 aromatic carbocycles. The Morgan fingerprint density at radius 1 is 1.19 bits per heavy atom. The third-order valence-electron chi connectivity index (χ3n) is 2.73. The van der Waals surface area contributed by atoms with Gasteiger partial charge in [0.1, 0.15) is 12.4 Å². The molecule has 7 heteroatoms. The van der Waals surface area contributed by atoms with Crippen molar-refractivity contribution in [2.24, 2.45) is 0 Å². The van der Waals surface area contributed by atoms with Gasteiger partial charge in [-0.15, -0.1) is 0 Å². The van der Waals surface area contributed by atoms with E-state index in [2.05, 4.69) is 0 Å². The number of nitrogens with zero attached hydrogens (tertiary/aromatic N) is 1. The number of carbonyl (C=O) groups excluding carboxylic acids is 1. The molecule has 0 saturated carbocycles. The zero-order valence-corrected chi connectivity index (χ0v) is 12.1. The smallest absolute Gasteiger partial charge is 0.270 e. The molecule has 0 fully saturated rings. The zero-order valence-electron chi connectivity index (χ0n) is 10.6. The number of non-ortho nitro benzene ring substituents is 1. The number of rotatable bonds is 5. The highest BCUT2D eigenvalue weighted by atomic mass is 35.5. The summed E-state index contributed by atoms with van der Waals surface area (Å²) in [6, 6.07) is 8.76. The number of ether oxygens (including phenoxy) is 1. The number of nitro groups is 1. The Balaban J connectivity index is 2.17. The van der Waals surface area contributed by atoms with Gasteiger partial charge in [0, 0.05) is 22.7 Å². The quantitative estimate of drug-likeness (QED) is 0.467. The molecule has 0 atom stereocenters. The summed E-state index contributed by atoms with van der Waals surface area (Å²) >= 11 is 11.7. The van der Waals surface area contributed by atoms with Gasteiger partial charge in [-0.2, -0.15) is 0 Å². The van der Waals surface area contributed by atoms with Crippen molar-refractivity contribution in [3.63, 3.8) is 0 Å². The third-order valence-corrected chi connectivity index (χ3v) is 3.32. The molecule has 0 bridgehead atoms. The number of hydrogen-bond donors (Lipinski definition) is 0. The van der Waals surface area contributed by atoms with Gasteiger partial charge in [-0.05, 0) is 24.3 Å². The molecule has 0 amide bonds. The maximum absolute atomic E-state index is 10.9. The largest absolute Gasteiger partial charge is 0.488 e. The van der Waals surface area contributed by atoms with Crippen LogP contribution in [0, 0.1) is 10.1 Å². The maximum Gasteiger partial charge on any atom is 0.270 e. The van der Waals surface area contributed by atoms with Crippen LogP contribution < -0.4 is 4.74 Å². The standard InChI is InChI=1S/C14H9Cl2NO4/c15-11-2-4-14(10(5-11)7-18)21-8-9-1-3-12(17(19)20)6-13(9)16/h1-7H,8H2. The summed E-state index contributed by atoms with van der Waals surface area (Å²) in [7, 11) is 0. The molecule has 5 nitrogen and oxygen atoms in total. The first-order valence-electron chi connectivity index (χ1n) is 5.81. The summed E-state index contributed by atoms with van der Waals surface area (Å²) in [6.07, 6.45) is 0.638. The second-order valence-electron chi connectivity index (χ2n) is 4.12. The molecule has 0 aliphatic heterocycles. The highest BCUT2D eigenvalue weighted by Crippen LogP contribution is 2.26. The molecule has 0 aliphatic rings. The molecule has 0 unspecified atom stereocenters. The van der Waals surface area contributed by atoms with E-state index in [1.807, 2.05) is 0 Å². The minimum atomic E-state index is -0.528. The first-order valence-corrected chi connectivity index (χ1v) is 6.57. The molecule has 0 aliphatic carbocycles. The number of halogens is 2. The van der Waals surface area contributed by atoms with Crippen molar-refractivity contribution in [2.75, 3.05) is 0 Å². The SMILES string of the molecule is O=Cc1cc(Cl)ccc1OCc1ccc([N+](=O)[O-])cc1Cl. The predicted molar refractivity (Wildman–Crippen MR) is 79.3 cm³/mol. The molecule has 0 radical (unpaired) electrons. The topological polar surface area (TPSA) is 69.4 Å². The van der Waals surface area contributed by atoms with Crippen LogP contribution in [0.4, 0.5) is 5.69 Å². The second kappa shape index (κ2) is 6.56. The van der Waals surface area contributed by atoms with Gasteiger partial charge in [0.05, 0.1) is 15.5 Å². The van der Waals surface area contributed by atoms with Crippen LogP contribution in [-0.4, -0.2) is 11.2 Å². The van der Waals surface area contributed by atoms with Gasteiger partial charge in [-0.3, -0.25) is 14.9 Å². The minimum absolute atomic E-state index is 0.0826. The van der Waals surface area contributed by atoms with Crippen molar-refractivity contribution in [1.29, 1.82) is 0 Å². The maximum atomic E-state index is 10.9. The minimum Gasteiger partial charge on any atom is -0.488 e. The predicted octanol–water partition coefficient (Wildman–Crippen LogP) is 4.29. The number of hydrogen-bond acceptors (Lipinski definition) is 4. The van der Waals surface area contributed by atoms with E-state index in [0.29, 0.717) is 28.2 Å². The lowest BCUT2D eigenvalue weighted by Crippen LogP contribution is -1.99. The molecule has 2 rings (SSSR count). The van der Waals surface area contributed by atoms with E-state index in [-0.39, 0.29) is 17.3 Å². The number of aldehydes is 1. The molecule has 21 heavy (non-hydrogen) atoms. The van der Waals surface area contributed by atoms with Crippen molar-refractivity contribution in [3.05, 3.63) is 67.7 Å². The first kappa shape index (κ1) is 15.3. The van der Waals surface area contributed by atoms with Crippen molar-refractivity contribution >= 4 is 35.2 Å². The molecular weight excluding hydrogens is 317 g/mol. The lowest BCUT2D eigenvalue weighted by molar-refractivity contribution is -0.384. The van der Waals surface area contributed by atoms with Gasteiger partial charge in [0.25, 0.3) is 5.69 Å². The van der Waals surface area contributed by atoms with E-state index in [4.69, 9.17) is 27.9 Å². The van der Waals surface area contributed by atoms with Gasteiger partial charge in [0.2, 0.25) is 0 Å². The van der Waals surface area contributed by atoms with Crippen LogP contribution in [-0.2, 0) is 6.61 Å². The van der Waals surface area contributed by atoms with Gasteiger partial charge < -0.3 is 4.74 Å². The van der Waals surface area contributed by atoms with E-state index < -0.39 is 4.92 Å². The zero-order chi connectivity index (χ0) is 15.4. The van der Waals surface area contributed by atoms with E-state index >= 15 is 0 Å². The molecule has 108 valence electrons. The second-order valence-corrected chi connectivity index (χ2v) is 4.97. The van der Waals surface area contributed by atoms with Crippen LogP contribution in [0.1, 0.15) is 15.9 Å². The van der Waals surface area contributed by atoms with E-state index in [1.165, 1.54) is 24.3 Å². The Hall–Kier alpha value is -2.11. The molecule has 0 aromatic heterocycles. The highest BCUT2D eigenvalue weighted by Gasteiger charge is 2.11. The van der Waals surface area contributed by atoms with E-state index in [1.54, 1.807) is 12.1 Å². The van der Waals surface area contributed by atoms with Crippen LogP contribution in [0.5, 0.6) is 5.75 Å². The Morgan fingerprint density at radius 2 is 1.95 bits per heavy atom. The van der Waals surface area contributed by atoms with Crippen LogP contribution in [0.2, 0.25) is 10.0 Å². The molecule has 0 N–H and O–H groups in total. The van der Waals surface area contributed by atoms with Crippen molar-refractivity contribution in [1.82, 2.24) is 0 Å².